The van der Waals surface area contributed by atoms with Gasteiger partial charge in [-0.25, -0.2) is 4.99 Å². The van der Waals surface area contributed by atoms with Gasteiger partial charge in [-0.05, 0) is 19.1 Å². The summed E-state index contributed by atoms with van der Waals surface area (Å²) >= 11 is 0. The maximum Gasteiger partial charge on any atom is 0.200 e. The number of rotatable bonds is 4. The van der Waals surface area contributed by atoms with Crippen molar-refractivity contribution in [3.05, 3.63) is 30.0 Å². The van der Waals surface area contributed by atoms with Crippen molar-refractivity contribution in [1.82, 2.24) is 5.32 Å². The maximum absolute atomic E-state index is 11.8. The Morgan fingerprint density at radius 3 is 3.18 bits per heavy atom. The Bertz CT molecular complexity index is 654. The molecule has 0 amide bonds. The fourth-order valence-electron chi connectivity index (χ4n) is 2.39. The fourth-order valence-corrected chi connectivity index (χ4v) is 2.39. The summed E-state index contributed by atoms with van der Waals surface area (Å²) in [6.45, 7) is 5.09. The number of nitrogens with zero attached hydrogens (tertiary/aromatic N) is 1. The summed E-state index contributed by atoms with van der Waals surface area (Å²) < 4.78 is 11.6. The zero-order valence-electron chi connectivity index (χ0n) is 12.7. The quantitative estimate of drug-likeness (QED) is 0.891. The first-order chi connectivity index (χ1) is 10.6. The molecule has 0 fully saturated rings. The summed E-state index contributed by atoms with van der Waals surface area (Å²) in [6, 6.07) is 5.63. The largest absolute Gasteiger partial charge is 0.489 e. The number of ether oxygens (including phenoxy) is 2. The highest BCUT2D eigenvalue weighted by Gasteiger charge is 2.28. The molecule has 1 aromatic carbocycles. The van der Waals surface area contributed by atoms with Crippen LogP contribution in [0.2, 0.25) is 0 Å². The lowest BCUT2D eigenvalue weighted by atomic mass is 10.1. The number of carbonyl (C=O) groups excluding carboxylic acids is 1. The predicted octanol–water partition coefficient (Wildman–Crippen LogP) is 2.08. The summed E-state index contributed by atoms with van der Waals surface area (Å²) in [6.07, 6.45) is 3.62. The Kier molecular flexibility index (Phi) is 3.75. The Hall–Kier alpha value is -2.50. The number of fused-ring (bicyclic) bond motifs is 1. The second-order valence-corrected chi connectivity index (χ2v) is 5.35. The molecule has 0 spiro atoms. The number of benzene rings is 1. The van der Waals surface area contributed by atoms with E-state index >= 15 is 0 Å². The summed E-state index contributed by atoms with van der Waals surface area (Å²) in [5.74, 6) is 1.42. The van der Waals surface area contributed by atoms with Crippen molar-refractivity contribution >= 4 is 17.8 Å². The normalized spacial score (nSPS) is 22.5. The highest BCUT2D eigenvalue weighted by molar-refractivity contribution is 5.96. The Labute approximate surface area is 129 Å². The average Bonchev–Trinajstić information content (AvgIpc) is 2.53. The van der Waals surface area contributed by atoms with Crippen molar-refractivity contribution < 1.29 is 14.3 Å². The van der Waals surface area contributed by atoms with Gasteiger partial charge in [-0.3, -0.25) is 4.79 Å². The van der Waals surface area contributed by atoms with Crippen LogP contribution >= 0.6 is 0 Å². The Morgan fingerprint density at radius 1 is 1.50 bits per heavy atom. The van der Waals surface area contributed by atoms with E-state index in [1.165, 1.54) is 6.34 Å². The third kappa shape index (κ3) is 2.90. The van der Waals surface area contributed by atoms with Gasteiger partial charge in [-0.15, -0.1) is 0 Å². The lowest BCUT2D eigenvalue weighted by molar-refractivity contribution is -0.115. The van der Waals surface area contributed by atoms with Crippen molar-refractivity contribution in [2.24, 2.45) is 4.99 Å². The van der Waals surface area contributed by atoms with E-state index in [1.807, 2.05) is 32.0 Å². The van der Waals surface area contributed by atoms with E-state index in [9.17, 15) is 4.79 Å². The van der Waals surface area contributed by atoms with Crippen molar-refractivity contribution in [3.8, 4) is 11.5 Å². The number of anilines is 1. The molecule has 3 rings (SSSR count). The lowest BCUT2D eigenvalue weighted by Crippen LogP contribution is -2.47. The molecule has 1 aromatic rings. The van der Waals surface area contributed by atoms with E-state index in [1.54, 1.807) is 6.08 Å². The van der Waals surface area contributed by atoms with Gasteiger partial charge in [-0.1, -0.05) is 6.92 Å². The number of aliphatic imine (C=N–C) groups is 1. The highest BCUT2D eigenvalue weighted by atomic mass is 16.5. The number of hydrogen-bond acceptors (Lipinski definition) is 6. The molecule has 2 heterocycles. The molecule has 2 aliphatic rings. The molecule has 0 aromatic heterocycles. The highest BCUT2D eigenvalue weighted by Crippen LogP contribution is 2.33. The van der Waals surface area contributed by atoms with Crippen LogP contribution in [0.4, 0.5) is 5.69 Å². The van der Waals surface area contributed by atoms with Gasteiger partial charge in [0.2, 0.25) is 0 Å². The van der Waals surface area contributed by atoms with Crippen molar-refractivity contribution in [3.63, 3.8) is 0 Å². The van der Waals surface area contributed by atoms with Crippen LogP contribution in [0.25, 0.3) is 0 Å². The molecule has 6 nitrogen and oxygen atoms in total. The molecule has 0 saturated carbocycles. The number of allylic oxidation sites excluding steroid dienone is 1. The summed E-state index contributed by atoms with van der Waals surface area (Å²) in [5.41, 5.74) is 0.553. The topological polar surface area (TPSA) is 72.0 Å². The van der Waals surface area contributed by atoms with Crippen molar-refractivity contribution in [1.29, 1.82) is 0 Å². The van der Waals surface area contributed by atoms with Gasteiger partial charge in [0, 0.05) is 25.1 Å². The van der Waals surface area contributed by atoms with E-state index in [0.29, 0.717) is 24.5 Å². The van der Waals surface area contributed by atoms with Gasteiger partial charge >= 0.3 is 0 Å². The van der Waals surface area contributed by atoms with Gasteiger partial charge in [0.05, 0.1) is 12.0 Å². The van der Waals surface area contributed by atoms with Crippen LogP contribution in [0.3, 0.4) is 0 Å². The minimum atomic E-state index is -0.821. The van der Waals surface area contributed by atoms with Crippen LogP contribution in [0.1, 0.15) is 20.3 Å². The molecule has 1 unspecified atom stereocenters. The van der Waals surface area contributed by atoms with Gasteiger partial charge in [0.15, 0.2) is 11.5 Å². The Balaban J connectivity index is 1.81. The third-order valence-corrected chi connectivity index (χ3v) is 3.53. The first-order valence-corrected chi connectivity index (χ1v) is 7.36. The minimum Gasteiger partial charge on any atom is -0.489 e. The molecule has 2 N–H and O–H groups in total. The van der Waals surface area contributed by atoms with Gasteiger partial charge in [0.25, 0.3) is 0 Å². The van der Waals surface area contributed by atoms with E-state index < -0.39 is 5.72 Å². The predicted molar refractivity (Wildman–Crippen MR) is 84.5 cm³/mol. The second-order valence-electron chi connectivity index (χ2n) is 5.35. The molecule has 116 valence electrons. The first-order valence-electron chi connectivity index (χ1n) is 7.36. The minimum absolute atomic E-state index is 0.00875. The zero-order valence-corrected chi connectivity index (χ0v) is 12.7. The van der Waals surface area contributed by atoms with Gasteiger partial charge < -0.3 is 20.1 Å². The number of nitrogens with one attached hydrogen (secondary N) is 2. The van der Waals surface area contributed by atoms with Crippen LogP contribution in [0, 0.1) is 0 Å². The number of ketones is 1. The molecule has 0 aliphatic carbocycles. The number of hydrogen-bond donors (Lipinski definition) is 2. The molecule has 0 radical (unpaired) electrons. The lowest BCUT2D eigenvalue weighted by Gasteiger charge is -2.30. The van der Waals surface area contributed by atoms with Crippen LogP contribution in [-0.4, -0.2) is 31.0 Å². The van der Waals surface area contributed by atoms with Crippen LogP contribution in [0.5, 0.6) is 11.5 Å². The molecule has 0 bridgehead atoms. The molecule has 1 atom stereocenters. The van der Waals surface area contributed by atoms with Crippen LogP contribution in [0.15, 0.2) is 35.0 Å². The fraction of sp³-hybridized carbons (Fsp3) is 0.375. The number of Topliss-reactive ketones (excluding diaryl/α,β-unsaturated/α-hetero) is 1. The van der Waals surface area contributed by atoms with E-state index in [-0.39, 0.29) is 5.78 Å². The van der Waals surface area contributed by atoms with Crippen molar-refractivity contribution in [2.75, 3.05) is 18.5 Å². The van der Waals surface area contributed by atoms with E-state index in [2.05, 4.69) is 15.6 Å². The molecular weight excluding hydrogens is 282 g/mol. The maximum atomic E-state index is 11.8. The van der Waals surface area contributed by atoms with E-state index in [4.69, 9.17) is 9.47 Å². The summed E-state index contributed by atoms with van der Waals surface area (Å²) in [4.78, 5) is 15.9. The standard InChI is InChI=1S/C16H19N3O3/c1-3-14(20)13-9-16(2,19-10-18-13)22-11-4-5-12-15(8-11)21-7-6-17-12/h4-5,8-10,17H,3,6-7H2,1-2H3,(H,18,19). The molecule has 0 saturated heterocycles. The van der Waals surface area contributed by atoms with Crippen LogP contribution in [-0.2, 0) is 4.79 Å². The molecule has 22 heavy (non-hydrogen) atoms. The summed E-state index contributed by atoms with van der Waals surface area (Å²) in [7, 11) is 0. The van der Waals surface area contributed by atoms with Gasteiger partial charge in [-0.2, -0.15) is 0 Å². The smallest absolute Gasteiger partial charge is 0.200 e. The molecule has 6 heteroatoms. The van der Waals surface area contributed by atoms with Crippen LogP contribution < -0.4 is 20.1 Å². The van der Waals surface area contributed by atoms with Crippen molar-refractivity contribution in [2.45, 2.75) is 26.0 Å². The third-order valence-electron chi connectivity index (χ3n) is 3.53. The SMILES string of the molecule is CCC(=O)C1=CC(C)(Oc2ccc3c(c2)OCCN3)NC=N1. The molecule has 2 aliphatic heterocycles. The Morgan fingerprint density at radius 2 is 2.36 bits per heavy atom. The summed E-state index contributed by atoms with van der Waals surface area (Å²) in [5, 5.41) is 6.29. The van der Waals surface area contributed by atoms with E-state index in [0.717, 1.165) is 18.0 Å². The average molecular weight is 301 g/mol. The zero-order chi connectivity index (χ0) is 15.6. The van der Waals surface area contributed by atoms with Gasteiger partial charge in [0.1, 0.15) is 23.8 Å². The first kappa shape index (κ1) is 14.4. The number of carbonyl (C=O) groups is 1. The molecular formula is C16H19N3O3. The monoisotopic (exact) mass is 301 g/mol. The second kappa shape index (κ2) is 5.71.